The van der Waals surface area contributed by atoms with E-state index in [2.05, 4.69) is 21.0 Å². The first-order valence-electron chi connectivity index (χ1n) is 6.44. The number of carbonyl (C=O) groups excluding carboxylic acids is 1. The molecule has 3 nitrogen and oxygen atoms in total. The van der Waals surface area contributed by atoms with Crippen LogP contribution in [0.25, 0.3) is 10.1 Å². The number of hydrogen-bond acceptors (Lipinski definition) is 3. The Hall–Kier alpha value is -1.53. The molecule has 2 heterocycles. The van der Waals surface area contributed by atoms with Gasteiger partial charge in [-0.2, -0.15) is 5.10 Å². The van der Waals surface area contributed by atoms with E-state index in [4.69, 9.17) is 0 Å². The van der Waals surface area contributed by atoms with Gasteiger partial charge in [-0.3, -0.25) is 9.48 Å². The summed E-state index contributed by atoms with van der Waals surface area (Å²) in [5.41, 5.74) is 0.525. The fourth-order valence-corrected chi connectivity index (χ4v) is 3.66. The predicted molar refractivity (Wildman–Crippen MR) is 85.5 cm³/mol. The first kappa shape index (κ1) is 14.4. The SMILES string of the molecule is CC(C)n1ncc(Br)c1C(=O)c1cc2ccc(F)cc2s1. The molecule has 6 heteroatoms. The first-order valence-corrected chi connectivity index (χ1v) is 8.05. The van der Waals surface area contributed by atoms with Crippen LogP contribution >= 0.6 is 27.3 Å². The molecular weight excluding hydrogens is 355 g/mol. The summed E-state index contributed by atoms with van der Waals surface area (Å²) in [5.74, 6) is -0.397. The molecule has 0 fully saturated rings. The van der Waals surface area contributed by atoms with E-state index in [1.165, 1.54) is 23.5 Å². The molecule has 3 rings (SSSR count). The number of carbonyl (C=O) groups is 1. The van der Waals surface area contributed by atoms with Gasteiger partial charge in [-0.05, 0) is 53.4 Å². The van der Waals surface area contributed by atoms with E-state index in [-0.39, 0.29) is 17.6 Å². The lowest BCUT2D eigenvalue weighted by Gasteiger charge is -2.09. The molecule has 0 unspecified atom stereocenters. The van der Waals surface area contributed by atoms with Gasteiger partial charge in [-0.15, -0.1) is 11.3 Å². The number of halogens is 2. The van der Waals surface area contributed by atoms with Crippen LogP contribution in [0.4, 0.5) is 4.39 Å². The molecule has 3 aromatic rings. The maximum absolute atomic E-state index is 13.3. The lowest BCUT2D eigenvalue weighted by Crippen LogP contribution is -2.13. The van der Waals surface area contributed by atoms with E-state index in [9.17, 15) is 9.18 Å². The van der Waals surface area contributed by atoms with Crippen LogP contribution < -0.4 is 0 Å². The molecule has 108 valence electrons. The first-order chi connectivity index (χ1) is 9.97. The van der Waals surface area contributed by atoms with Crippen molar-refractivity contribution in [3.05, 3.63) is 51.3 Å². The normalized spacial score (nSPS) is 11.5. The Bertz CT molecular complexity index is 837. The zero-order chi connectivity index (χ0) is 15.1. The number of thiophene rings is 1. The summed E-state index contributed by atoms with van der Waals surface area (Å²) in [5, 5.41) is 5.10. The van der Waals surface area contributed by atoms with Gasteiger partial charge < -0.3 is 0 Å². The van der Waals surface area contributed by atoms with Gasteiger partial charge >= 0.3 is 0 Å². The lowest BCUT2D eigenvalue weighted by atomic mass is 10.2. The fraction of sp³-hybridized carbons (Fsp3) is 0.200. The predicted octanol–water partition coefficient (Wildman–Crippen LogP) is 4.81. The van der Waals surface area contributed by atoms with Crippen LogP contribution in [0.15, 0.2) is 34.9 Å². The number of aromatic nitrogens is 2. The third-order valence-electron chi connectivity index (χ3n) is 3.16. The molecule has 0 bridgehead atoms. The Morgan fingerprint density at radius 3 is 2.86 bits per heavy atom. The fourth-order valence-electron chi connectivity index (χ4n) is 2.18. The molecule has 1 aromatic carbocycles. The highest BCUT2D eigenvalue weighted by atomic mass is 79.9. The van der Waals surface area contributed by atoms with Crippen molar-refractivity contribution in [2.75, 3.05) is 0 Å². The number of rotatable bonds is 3. The van der Waals surface area contributed by atoms with Crippen LogP contribution in [0, 0.1) is 5.82 Å². The number of nitrogens with zero attached hydrogens (tertiary/aromatic N) is 2. The van der Waals surface area contributed by atoms with Crippen molar-refractivity contribution >= 4 is 43.1 Å². The second-order valence-corrected chi connectivity index (χ2v) is 6.94. The van der Waals surface area contributed by atoms with Gasteiger partial charge in [-0.1, -0.05) is 6.07 Å². The van der Waals surface area contributed by atoms with Gasteiger partial charge in [0.25, 0.3) is 0 Å². The molecule has 0 aliphatic carbocycles. The van der Waals surface area contributed by atoms with E-state index in [0.29, 0.717) is 15.0 Å². The van der Waals surface area contributed by atoms with Gasteiger partial charge in [0, 0.05) is 10.7 Å². The van der Waals surface area contributed by atoms with Crippen LogP contribution in [-0.2, 0) is 0 Å². The molecule has 21 heavy (non-hydrogen) atoms. The summed E-state index contributed by atoms with van der Waals surface area (Å²) in [6, 6.07) is 6.42. The van der Waals surface area contributed by atoms with Gasteiger partial charge in [0.05, 0.1) is 15.5 Å². The summed E-state index contributed by atoms with van der Waals surface area (Å²) in [4.78, 5) is 13.3. The molecule has 0 aliphatic rings. The Labute approximate surface area is 133 Å². The summed E-state index contributed by atoms with van der Waals surface area (Å²) in [6.07, 6.45) is 1.63. The van der Waals surface area contributed by atoms with Crippen molar-refractivity contribution in [3.63, 3.8) is 0 Å². The monoisotopic (exact) mass is 366 g/mol. The summed E-state index contributed by atoms with van der Waals surface area (Å²) in [6.45, 7) is 3.94. The van der Waals surface area contributed by atoms with Crippen molar-refractivity contribution in [1.82, 2.24) is 9.78 Å². The zero-order valence-electron chi connectivity index (χ0n) is 11.4. The molecule has 0 radical (unpaired) electrons. The average Bonchev–Trinajstić information content (AvgIpc) is 3.00. The standard InChI is InChI=1S/C15H12BrFN2OS/c1-8(2)19-14(11(16)7-18-19)15(20)13-5-9-3-4-10(17)6-12(9)21-13/h3-8H,1-2H3. The number of ketones is 1. The highest BCUT2D eigenvalue weighted by Crippen LogP contribution is 2.30. The van der Waals surface area contributed by atoms with Gasteiger partial charge in [0.2, 0.25) is 5.78 Å². The second-order valence-electron chi connectivity index (χ2n) is 5.00. The largest absolute Gasteiger partial charge is 0.286 e. The van der Waals surface area contributed by atoms with Crippen molar-refractivity contribution in [2.24, 2.45) is 0 Å². The Balaban J connectivity index is 2.10. The van der Waals surface area contributed by atoms with E-state index >= 15 is 0 Å². The maximum atomic E-state index is 13.3. The molecule has 2 aromatic heterocycles. The molecule has 0 N–H and O–H groups in total. The third-order valence-corrected chi connectivity index (χ3v) is 4.84. The molecule has 0 amide bonds. The molecule has 0 spiro atoms. The van der Waals surface area contributed by atoms with Gasteiger partial charge in [-0.25, -0.2) is 4.39 Å². The summed E-state index contributed by atoms with van der Waals surface area (Å²) in [7, 11) is 0. The molecule has 0 aliphatic heterocycles. The molecule has 0 saturated heterocycles. The number of fused-ring (bicyclic) bond motifs is 1. The molecule has 0 saturated carbocycles. The minimum absolute atomic E-state index is 0.0853. The molecule has 0 atom stereocenters. The highest BCUT2D eigenvalue weighted by Gasteiger charge is 2.22. The van der Waals surface area contributed by atoms with Crippen LogP contribution in [0.3, 0.4) is 0 Å². The van der Waals surface area contributed by atoms with Gasteiger partial charge in [0.15, 0.2) is 0 Å². The second kappa shape index (κ2) is 5.35. The Morgan fingerprint density at radius 2 is 2.14 bits per heavy atom. The van der Waals surface area contributed by atoms with E-state index in [1.807, 2.05) is 13.8 Å². The maximum Gasteiger partial charge on any atom is 0.222 e. The van der Waals surface area contributed by atoms with Crippen molar-refractivity contribution in [2.45, 2.75) is 19.9 Å². The van der Waals surface area contributed by atoms with E-state index < -0.39 is 0 Å². The highest BCUT2D eigenvalue weighted by molar-refractivity contribution is 9.10. The number of benzene rings is 1. The van der Waals surface area contributed by atoms with E-state index in [1.54, 1.807) is 23.0 Å². The quantitative estimate of drug-likeness (QED) is 0.623. The van der Waals surface area contributed by atoms with Crippen LogP contribution in [0.5, 0.6) is 0 Å². The minimum atomic E-state index is -0.295. The van der Waals surface area contributed by atoms with Crippen molar-refractivity contribution < 1.29 is 9.18 Å². The number of hydrogen-bond donors (Lipinski definition) is 0. The summed E-state index contributed by atoms with van der Waals surface area (Å²) < 4.78 is 16.4. The minimum Gasteiger partial charge on any atom is -0.286 e. The van der Waals surface area contributed by atoms with E-state index in [0.717, 1.165) is 10.1 Å². The third kappa shape index (κ3) is 2.53. The van der Waals surface area contributed by atoms with Crippen LogP contribution in [0.2, 0.25) is 0 Å². The lowest BCUT2D eigenvalue weighted by molar-refractivity contribution is 0.103. The van der Waals surface area contributed by atoms with Crippen LogP contribution in [0.1, 0.15) is 35.3 Å². The van der Waals surface area contributed by atoms with Crippen LogP contribution in [-0.4, -0.2) is 15.6 Å². The van der Waals surface area contributed by atoms with Gasteiger partial charge in [0.1, 0.15) is 11.5 Å². The topological polar surface area (TPSA) is 34.9 Å². The summed E-state index contributed by atoms with van der Waals surface area (Å²) >= 11 is 4.67. The molecular formula is C15H12BrFN2OS. The van der Waals surface area contributed by atoms with Crippen molar-refractivity contribution in [1.29, 1.82) is 0 Å². The smallest absolute Gasteiger partial charge is 0.222 e. The van der Waals surface area contributed by atoms with Crippen molar-refractivity contribution in [3.8, 4) is 0 Å². The zero-order valence-corrected chi connectivity index (χ0v) is 13.8. The average molecular weight is 367 g/mol. The Kier molecular flexibility index (Phi) is 3.67. The Morgan fingerprint density at radius 1 is 1.38 bits per heavy atom.